The fourth-order valence-electron chi connectivity index (χ4n) is 1.75. The maximum absolute atomic E-state index is 9.89. The minimum absolute atomic E-state index is 0.508. The van der Waals surface area contributed by atoms with Crippen molar-refractivity contribution in [3.8, 4) is 5.75 Å². The Balaban J connectivity index is 3.39. The Morgan fingerprint density at radius 2 is 1.77 bits per heavy atom. The van der Waals surface area contributed by atoms with E-state index in [9.17, 15) is 5.11 Å². The van der Waals surface area contributed by atoms with Crippen molar-refractivity contribution in [1.82, 2.24) is 0 Å². The van der Waals surface area contributed by atoms with E-state index in [-0.39, 0.29) is 0 Å². The lowest BCUT2D eigenvalue weighted by atomic mass is 9.95. The number of aryl methyl sites for hydroxylation is 2. The van der Waals surface area contributed by atoms with Gasteiger partial charge in [0.2, 0.25) is 0 Å². The van der Waals surface area contributed by atoms with Gasteiger partial charge in [0.05, 0.1) is 0 Å². The molecule has 0 aliphatic carbocycles. The molecule has 0 aliphatic rings. The molecule has 1 rings (SSSR count). The first-order valence-corrected chi connectivity index (χ1v) is 4.92. The molecule has 1 aromatic rings. The summed E-state index contributed by atoms with van der Waals surface area (Å²) >= 11 is 0. The van der Waals surface area contributed by atoms with Crippen LogP contribution in [0, 0.1) is 13.8 Å². The Labute approximate surface area is 80.4 Å². The predicted molar refractivity (Wildman–Crippen MR) is 56.3 cm³/mol. The molecule has 1 nitrogen and oxygen atoms in total. The summed E-state index contributed by atoms with van der Waals surface area (Å²) in [6, 6.07) is 2.09. The zero-order valence-electron chi connectivity index (χ0n) is 8.94. The number of phenols is 1. The molecule has 0 unspecified atom stereocenters. The quantitative estimate of drug-likeness (QED) is 0.737. The van der Waals surface area contributed by atoms with E-state index in [0.29, 0.717) is 5.75 Å². The number of aromatic hydroxyl groups is 1. The fourth-order valence-corrected chi connectivity index (χ4v) is 1.75. The Hall–Kier alpha value is -0.980. The molecule has 0 bridgehead atoms. The number of rotatable bonds is 2. The maximum atomic E-state index is 9.89. The normalized spacial score (nSPS) is 10.5. The average Bonchev–Trinajstić information content (AvgIpc) is 2.12. The second-order valence-corrected chi connectivity index (χ2v) is 3.51. The van der Waals surface area contributed by atoms with Crippen molar-refractivity contribution in [3.63, 3.8) is 0 Å². The van der Waals surface area contributed by atoms with Crippen LogP contribution in [-0.2, 0) is 12.8 Å². The summed E-state index contributed by atoms with van der Waals surface area (Å²) < 4.78 is 0. The first-order valence-electron chi connectivity index (χ1n) is 4.92. The van der Waals surface area contributed by atoms with Crippen LogP contribution in [0.3, 0.4) is 0 Å². The topological polar surface area (TPSA) is 20.2 Å². The van der Waals surface area contributed by atoms with Gasteiger partial charge in [0.1, 0.15) is 5.75 Å². The van der Waals surface area contributed by atoms with Gasteiger partial charge in [-0.25, -0.2) is 0 Å². The minimum Gasteiger partial charge on any atom is -0.507 e. The van der Waals surface area contributed by atoms with Crippen molar-refractivity contribution < 1.29 is 5.11 Å². The summed E-state index contributed by atoms with van der Waals surface area (Å²) in [6.07, 6.45) is 1.81. The van der Waals surface area contributed by atoms with Gasteiger partial charge in [-0.1, -0.05) is 19.9 Å². The van der Waals surface area contributed by atoms with Crippen LogP contribution in [0.25, 0.3) is 0 Å². The van der Waals surface area contributed by atoms with Crippen molar-refractivity contribution in [1.29, 1.82) is 0 Å². The lowest BCUT2D eigenvalue weighted by molar-refractivity contribution is 0.461. The van der Waals surface area contributed by atoms with Crippen LogP contribution in [0.1, 0.15) is 36.1 Å². The molecule has 0 radical (unpaired) electrons. The first-order chi connectivity index (χ1) is 6.11. The van der Waals surface area contributed by atoms with Crippen molar-refractivity contribution in [2.24, 2.45) is 0 Å². The van der Waals surface area contributed by atoms with Crippen molar-refractivity contribution in [2.45, 2.75) is 40.5 Å². The summed E-state index contributed by atoms with van der Waals surface area (Å²) in [5, 5.41) is 9.89. The van der Waals surface area contributed by atoms with E-state index in [0.717, 1.165) is 24.0 Å². The highest BCUT2D eigenvalue weighted by Crippen LogP contribution is 2.29. The lowest BCUT2D eigenvalue weighted by Gasteiger charge is -2.13. The Morgan fingerprint density at radius 1 is 1.15 bits per heavy atom. The third kappa shape index (κ3) is 1.69. The van der Waals surface area contributed by atoms with Gasteiger partial charge in [-0.3, -0.25) is 0 Å². The second-order valence-electron chi connectivity index (χ2n) is 3.51. The molecule has 13 heavy (non-hydrogen) atoms. The van der Waals surface area contributed by atoms with Crippen LogP contribution in [0.2, 0.25) is 0 Å². The molecule has 0 saturated carbocycles. The summed E-state index contributed by atoms with van der Waals surface area (Å²) in [6.45, 7) is 8.34. The van der Waals surface area contributed by atoms with Gasteiger partial charge in [-0.05, 0) is 48.9 Å². The first kappa shape index (κ1) is 10.1. The van der Waals surface area contributed by atoms with Crippen molar-refractivity contribution in [2.75, 3.05) is 0 Å². The highest BCUT2D eigenvalue weighted by molar-refractivity contribution is 5.48. The molecule has 0 fully saturated rings. The zero-order chi connectivity index (χ0) is 10.0. The number of hydrogen-bond acceptors (Lipinski definition) is 1. The molecule has 0 spiro atoms. The Morgan fingerprint density at radius 3 is 2.23 bits per heavy atom. The molecule has 0 saturated heterocycles. The summed E-state index contributed by atoms with van der Waals surface area (Å²) in [5.41, 5.74) is 4.69. The standard InChI is InChI=1S/C12H18O/c1-5-10-7-8(3)9(4)11(6-2)12(10)13/h7,13H,5-6H2,1-4H3. The third-order valence-electron chi connectivity index (χ3n) is 2.76. The smallest absolute Gasteiger partial charge is 0.122 e. The number of hydrogen-bond donors (Lipinski definition) is 1. The van der Waals surface area contributed by atoms with Crippen LogP contribution in [0.15, 0.2) is 6.07 Å². The molecule has 0 amide bonds. The van der Waals surface area contributed by atoms with E-state index >= 15 is 0 Å². The minimum atomic E-state index is 0.508. The largest absolute Gasteiger partial charge is 0.507 e. The Kier molecular flexibility index (Phi) is 2.97. The molecule has 0 aromatic heterocycles. The van der Waals surface area contributed by atoms with Gasteiger partial charge < -0.3 is 5.11 Å². The van der Waals surface area contributed by atoms with E-state index in [1.807, 2.05) is 0 Å². The molecule has 72 valence electrons. The van der Waals surface area contributed by atoms with E-state index < -0.39 is 0 Å². The van der Waals surface area contributed by atoms with Gasteiger partial charge in [-0.2, -0.15) is 0 Å². The SMILES string of the molecule is CCc1cc(C)c(C)c(CC)c1O. The number of phenolic OH excluding ortho intramolecular Hbond substituents is 1. The van der Waals surface area contributed by atoms with Gasteiger partial charge >= 0.3 is 0 Å². The molecule has 0 aliphatic heterocycles. The summed E-state index contributed by atoms with van der Waals surface area (Å²) in [5.74, 6) is 0.508. The molecule has 0 heterocycles. The van der Waals surface area contributed by atoms with E-state index in [1.54, 1.807) is 0 Å². The molecule has 0 atom stereocenters. The molecular formula is C12H18O. The van der Waals surface area contributed by atoms with E-state index in [2.05, 4.69) is 33.8 Å². The maximum Gasteiger partial charge on any atom is 0.122 e. The molecular weight excluding hydrogens is 160 g/mol. The van der Waals surface area contributed by atoms with Crippen LogP contribution >= 0.6 is 0 Å². The van der Waals surface area contributed by atoms with Crippen LogP contribution < -0.4 is 0 Å². The predicted octanol–water partition coefficient (Wildman–Crippen LogP) is 3.13. The molecule has 1 aromatic carbocycles. The van der Waals surface area contributed by atoms with E-state index in [1.165, 1.54) is 11.1 Å². The zero-order valence-corrected chi connectivity index (χ0v) is 8.94. The van der Waals surface area contributed by atoms with Crippen LogP contribution in [-0.4, -0.2) is 5.11 Å². The molecule has 1 N–H and O–H groups in total. The average molecular weight is 178 g/mol. The van der Waals surface area contributed by atoms with Gasteiger partial charge in [0, 0.05) is 0 Å². The third-order valence-corrected chi connectivity index (χ3v) is 2.76. The monoisotopic (exact) mass is 178 g/mol. The van der Waals surface area contributed by atoms with Gasteiger partial charge in [0.25, 0.3) is 0 Å². The highest BCUT2D eigenvalue weighted by atomic mass is 16.3. The fraction of sp³-hybridized carbons (Fsp3) is 0.500. The number of benzene rings is 1. The Bertz CT molecular complexity index is 313. The van der Waals surface area contributed by atoms with Crippen LogP contribution in [0.4, 0.5) is 0 Å². The second kappa shape index (κ2) is 3.82. The van der Waals surface area contributed by atoms with Crippen molar-refractivity contribution in [3.05, 3.63) is 28.3 Å². The molecule has 1 heteroatoms. The van der Waals surface area contributed by atoms with Crippen molar-refractivity contribution >= 4 is 0 Å². The lowest BCUT2D eigenvalue weighted by Crippen LogP contribution is -1.95. The summed E-state index contributed by atoms with van der Waals surface area (Å²) in [4.78, 5) is 0. The highest BCUT2D eigenvalue weighted by Gasteiger charge is 2.09. The van der Waals surface area contributed by atoms with Gasteiger partial charge in [0.15, 0.2) is 0 Å². The summed E-state index contributed by atoms with van der Waals surface area (Å²) in [7, 11) is 0. The van der Waals surface area contributed by atoms with E-state index in [4.69, 9.17) is 0 Å². The van der Waals surface area contributed by atoms with Gasteiger partial charge in [-0.15, -0.1) is 0 Å². The van der Waals surface area contributed by atoms with Crippen LogP contribution in [0.5, 0.6) is 5.75 Å².